The van der Waals surface area contributed by atoms with Gasteiger partial charge in [0.15, 0.2) is 6.61 Å². The number of carbonyl (C=O) groups excluding carboxylic acids is 1. The quantitative estimate of drug-likeness (QED) is 0.308. The van der Waals surface area contributed by atoms with Crippen LogP contribution in [0.15, 0.2) is 24.3 Å². The number of rotatable bonds is 7. The molecule has 2 aromatic carbocycles. The highest BCUT2D eigenvalue weighted by Crippen LogP contribution is 2.35. The predicted molar refractivity (Wildman–Crippen MR) is 109 cm³/mol. The summed E-state index contributed by atoms with van der Waals surface area (Å²) >= 11 is 35.5. The van der Waals surface area contributed by atoms with Crippen LogP contribution >= 0.6 is 69.6 Å². The molecule has 0 amide bonds. The normalized spacial score (nSPS) is 11.8. The molecule has 1 atom stereocenters. The minimum Gasteiger partial charge on any atom is -0.488 e. The van der Waals surface area contributed by atoms with Crippen LogP contribution in [0.3, 0.4) is 0 Å². The van der Waals surface area contributed by atoms with Crippen LogP contribution in [0, 0.1) is 0 Å². The van der Waals surface area contributed by atoms with E-state index in [1.807, 2.05) is 0 Å². The summed E-state index contributed by atoms with van der Waals surface area (Å²) in [7, 11) is 0. The highest BCUT2D eigenvalue weighted by atomic mass is 35.5. The Balaban J connectivity index is 1.84. The Kier molecular flexibility index (Phi) is 8.47. The van der Waals surface area contributed by atoms with Crippen LogP contribution in [0.1, 0.15) is 6.92 Å². The van der Waals surface area contributed by atoms with Crippen LogP contribution in [0.2, 0.25) is 30.1 Å². The summed E-state index contributed by atoms with van der Waals surface area (Å²) in [6.45, 7) is 1.34. The Hall–Kier alpha value is -0.750. The van der Waals surface area contributed by atoms with Crippen molar-refractivity contribution in [1.29, 1.82) is 0 Å². The Morgan fingerprint density at radius 1 is 0.778 bits per heavy atom. The van der Waals surface area contributed by atoms with Crippen molar-refractivity contribution >= 4 is 75.6 Å². The molecule has 0 N–H and O–H groups in total. The largest absolute Gasteiger partial charge is 0.488 e. The van der Waals surface area contributed by atoms with Crippen LogP contribution in [0.5, 0.6) is 11.5 Å². The third-order valence-corrected chi connectivity index (χ3v) is 5.14. The lowest BCUT2D eigenvalue weighted by molar-refractivity contribution is -0.151. The highest BCUT2D eigenvalue weighted by molar-refractivity contribution is 6.44. The summed E-state index contributed by atoms with van der Waals surface area (Å²) in [4.78, 5) is 11.9. The maximum Gasteiger partial charge on any atom is 0.344 e. The molecule has 0 heterocycles. The van der Waals surface area contributed by atoms with Crippen molar-refractivity contribution < 1.29 is 19.0 Å². The molecule has 0 aromatic heterocycles. The van der Waals surface area contributed by atoms with Gasteiger partial charge in [0.1, 0.15) is 24.2 Å². The zero-order valence-corrected chi connectivity index (χ0v) is 18.2. The fraction of sp³-hybridized carbons (Fsp3) is 0.235. The molecule has 0 aliphatic carbocycles. The summed E-state index contributed by atoms with van der Waals surface area (Å²) in [6.07, 6.45) is -0.573. The molecule has 0 aliphatic heterocycles. The minimum absolute atomic E-state index is 0.0525. The third kappa shape index (κ3) is 6.67. The summed E-state index contributed by atoms with van der Waals surface area (Å²) in [6, 6.07) is 5.78. The minimum atomic E-state index is -0.617. The molecule has 0 spiro atoms. The highest BCUT2D eigenvalue weighted by Gasteiger charge is 2.15. The number of carbonyl (C=O) groups is 1. The third-order valence-electron chi connectivity index (χ3n) is 3.10. The molecule has 0 saturated carbocycles. The van der Waals surface area contributed by atoms with E-state index in [0.29, 0.717) is 20.8 Å². The first-order valence-electron chi connectivity index (χ1n) is 7.41. The van der Waals surface area contributed by atoms with Gasteiger partial charge in [-0.1, -0.05) is 69.6 Å². The summed E-state index contributed by atoms with van der Waals surface area (Å²) in [5.41, 5.74) is 0. The van der Waals surface area contributed by atoms with E-state index in [4.69, 9.17) is 83.8 Å². The number of benzene rings is 2. The van der Waals surface area contributed by atoms with Gasteiger partial charge < -0.3 is 14.2 Å². The lowest BCUT2D eigenvalue weighted by atomic mass is 10.3. The monoisotopic (exact) mass is 490 g/mol. The first kappa shape index (κ1) is 22.5. The van der Waals surface area contributed by atoms with Gasteiger partial charge in [-0.3, -0.25) is 0 Å². The molecule has 146 valence electrons. The predicted octanol–water partition coefficient (Wildman–Crippen LogP) is 7.00. The van der Waals surface area contributed by atoms with E-state index in [-0.39, 0.29) is 34.0 Å². The summed E-state index contributed by atoms with van der Waals surface area (Å²) < 4.78 is 16.0. The lowest BCUT2D eigenvalue weighted by Crippen LogP contribution is -2.25. The Morgan fingerprint density at radius 2 is 1.22 bits per heavy atom. The molecular weight excluding hydrogens is 481 g/mol. The molecule has 2 aromatic rings. The maximum absolute atomic E-state index is 11.9. The molecule has 0 fully saturated rings. The first-order chi connectivity index (χ1) is 12.7. The van der Waals surface area contributed by atoms with E-state index >= 15 is 0 Å². The summed E-state index contributed by atoms with van der Waals surface area (Å²) in [5.74, 6) is -0.0733. The van der Waals surface area contributed by atoms with Crippen molar-refractivity contribution in [3.8, 4) is 11.5 Å². The van der Waals surface area contributed by atoms with E-state index in [9.17, 15) is 4.79 Å². The SMILES string of the molecule is CC(COc1cc(Cl)c(Cl)cc1Cl)OC(=O)COc1cc(Cl)c(Cl)cc1Cl. The standard InChI is InChI=1S/C17H12Cl6O4/c1-8(6-25-15-4-11(20)9(18)2-13(15)22)27-17(24)7-26-16-5-12(21)10(19)3-14(16)23/h2-5,8H,6-7H2,1H3. The zero-order valence-electron chi connectivity index (χ0n) is 13.7. The molecule has 2 rings (SSSR count). The number of ether oxygens (including phenoxy) is 3. The average Bonchev–Trinajstić information content (AvgIpc) is 2.59. The van der Waals surface area contributed by atoms with Crippen LogP contribution in [-0.4, -0.2) is 25.3 Å². The van der Waals surface area contributed by atoms with Crippen molar-refractivity contribution in [2.45, 2.75) is 13.0 Å². The molecular formula is C17H12Cl6O4. The van der Waals surface area contributed by atoms with Crippen molar-refractivity contribution in [2.75, 3.05) is 13.2 Å². The molecule has 0 aliphatic rings. The van der Waals surface area contributed by atoms with E-state index in [1.165, 1.54) is 24.3 Å². The van der Waals surface area contributed by atoms with Crippen molar-refractivity contribution in [2.24, 2.45) is 0 Å². The maximum atomic E-state index is 11.9. The topological polar surface area (TPSA) is 44.8 Å². The summed E-state index contributed by atoms with van der Waals surface area (Å²) in [5, 5.41) is 1.66. The average molecular weight is 493 g/mol. The zero-order chi connectivity index (χ0) is 20.1. The molecule has 0 bridgehead atoms. The van der Waals surface area contributed by atoms with E-state index in [0.717, 1.165) is 0 Å². The molecule has 10 heteroatoms. The Bertz CT molecular complexity index is 843. The first-order valence-corrected chi connectivity index (χ1v) is 9.68. The van der Waals surface area contributed by atoms with E-state index < -0.39 is 12.1 Å². The van der Waals surface area contributed by atoms with E-state index in [2.05, 4.69) is 0 Å². The van der Waals surface area contributed by atoms with Crippen molar-refractivity contribution in [3.05, 3.63) is 54.4 Å². The fourth-order valence-electron chi connectivity index (χ4n) is 1.87. The van der Waals surface area contributed by atoms with Gasteiger partial charge in [-0.25, -0.2) is 4.79 Å². The Labute approximate surface area is 186 Å². The smallest absolute Gasteiger partial charge is 0.344 e. The molecule has 0 radical (unpaired) electrons. The molecule has 1 unspecified atom stereocenters. The van der Waals surface area contributed by atoms with Crippen molar-refractivity contribution in [1.82, 2.24) is 0 Å². The van der Waals surface area contributed by atoms with Crippen LogP contribution in [-0.2, 0) is 9.53 Å². The number of hydrogen-bond donors (Lipinski definition) is 0. The van der Waals surface area contributed by atoms with Crippen LogP contribution in [0.25, 0.3) is 0 Å². The molecule has 0 saturated heterocycles. The number of esters is 1. The Morgan fingerprint density at radius 3 is 1.74 bits per heavy atom. The lowest BCUT2D eigenvalue weighted by Gasteiger charge is -2.16. The van der Waals surface area contributed by atoms with Gasteiger partial charge in [0.2, 0.25) is 0 Å². The van der Waals surface area contributed by atoms with E-state index in [1.54, 1.807) is 6.92 Å². The fourth-order valence-corrected chi connectivity index (χ4v) is 3.05. The van der Waals surface area contributed by atoms with Gasteiger partial charge in [0, 0.05) is 12.1 Å². The van der Waals surface area contributed by atoms with Gasteiger partial charge in [-0.05, 0) is 19.1 Å². The van der Waals surface area contributed by atoms with Gasteiger partial charge >= 0.3 is 5.97 Å². The van der Waals surface area contributed by atoms with Gasteiger partial charge in [-0.2, -0.15) is 0 Å². The van der Waals surface area contributed by atoms with Crippen LogP contribution in [0.4, 0.5) is 0 Å². The second-order valence-electron chi connectivity index (χ2n) is 5.29. The van der Waals surface area contributed by atoms with Gasteiger partial charge in [0.25, 0.3) is 0 Å². The van der Waals surface area contributed by atoms with Crippen LogP contribution < -0.4 is 9.47 Å². The number of halogens is 6. The molecule has 27 heavy (non-hydrogen) atoms. The second kappa shape index (κ2) is 10.1. The second-order valence-corrected chi connectivity index (χ2v) is 7.74. The number of hydrogen-bond acceptors (Lipinski definition) is 4. The van der Waals surface area contributed by atoms with Crippen molar-refractivity contribution in [3.63, 3.8) is 0 Å². The van der Waals surface area contributed by atoms with Gasteiger partial charge in [0.05, 0.1) is 30.1 Å². The molecule has 4 nitrogen and oxygen atoms in total. The van der Waals surface area contributed by atoms with Gasteiger partial charge in [-0.15, -0.1) is 0 Å².